The molecule has 0 amide bonds. The van der Waals surface area contributed by atoms with Crippen LogP contribution in [0.15, 0.2) is 66.8 Å². The van der Waals surface area contributed by atoms with Gasteiger partial charge in [-0.2, -0.15) is 0 Å². The molecule has 0 atom stereocenters. The first-order valence-electron chi connectivity index (χ1n) is 6.70. The van der Waals surface area contributed by atoms with E-state index in [0.717, 1.165) is 29.5 Å². The molecule has 0 saturated heterocycles. The van der Waals surface area contributed by atoms with Crippen LogP contribution in [0.4, 0.5) is 0 Å². The zero-order chi connectivity index (χ0) is 14.2. The summed E-state index contributed by atoms with van der Waals surface area (Å²) in [6.45, 7) is 3.99. The Morgan fingerprint density at radius 3 is 2.75 bits per heavy atom. The van der Waals surface area contributed by atoms with Crippen LogP contribution in [-0.2, 0) is 16.1 Å². The number of rotatable bonds is 5. The number of hydrogen-bond acceptors (Lipinski definition) is 2. The number of ether oxygens (including phenoxy) is 1. The lowest BCUT2D eigenvalue weighted by Gasteiger charge is -2.04. The van der Waals surface area contributed by atoms with Crippen molar-refractivity contribution in [1.29, 1.82) is 0 Å². The summed E-state index contributed by atoms with van der Waals surface area (Å²) in [5.41, 5.74) is 3.18. The van der Waals surface area contributed by atoms with Crippen molar-refractivity contribution in [3.8, 4) is 0 Å². The van der Waals surface area contributed by atoms with Gasteiger partial charge in [-0.3, -0.25) is 0 Å². The molecule has 1 aromatic carbocycles. The van der Waals surface area contributed by atoms with Crippen LogP contribution < -0.4 is 0 Å². The fourth-order valence-electron chi connectivity index (χ4n) is 1.89. The van der Waals surface area contributed by atoms with Gasteiger partial charge in [0, 0.05) is 6.08 Å². The van der Waals surface area contributed by atoms with Gasteiger partial charge >= 0.3 is 5.97 Å². The van der Waals surface area contributed by atoms with Crippen LogP contribution in [0.25, 0.3) is 6.08 Å². The van der Waals surface area contributed by atoms with Gasteiger partial charge in [0.25, 0.3) is 0 Å². The first-order valence-corrected chi connectivity index (χ1v) is 6.70. The van der Waals surface area contributed by atoms with Crippen molar-refractivity contribution < 1.29 is 9.53 Å². The Balaban J connectivity index is 1.82. The number of carbonyl (C=O) groups is 1. The Kier molecular flexibility index (Phi) is 5.13. The minimum atomic E-state index is -0.312. The van der Waals surface area contributed by atoms with Gasteiger partial charge in [0.1, 0.15) is 6.61 Å². The fraction of sp³-hybridized carbons (Fsp3) is 0.167. The van der Waals surface area contributed by atoms with E-state index in [-0.39, 0.29) is 5.97 Å². The monoisotopic (exact) mass is 266 g/mol. The van der Waals surface area contributed by atoms with E-state index in [4.69, 9.17) is 4.74 Å². The molecule has 0 bridgehead atoms. The van der Waals surface area contributed by atoms with Gasteiger partial charge in [-0.25, -0.2) is 4.79 Å². The van der Waals surface area contributed by atoms with E-state index in [0.29, 0.717) is 6.61 Å². The van der Waals surface area contributed by atoms with Gasteiger partial charge < -0.3 is 4.74 Å². The summed E-state index contributed by atoms with van der Waals surface area (Å²) >= 11 is 0. The molecule has 1 aliphatic carbocycles. The second-order valence-corrected chi connectivity index (χ2v) is 4.60. The molecule has 2 rings (SSSR count). The minimum absolute atomic E-state index is 0.291. The van der Waals surface area contributed by atoms with E-state index in [1.165, 1.54) is 6.08 Å². The summed E-state index contributed by atoms with van der Waals surface area (Å²) in [4.78, 5) is 11.6. The topological polar surface area (TPSA) is 26.3 Å². The second-order valence-electron chi connectivity index (χ2n) is 4.60. The van der Waals surface area contributed by atoms with Gasteiger partial charge in [0.2, 0.25) is 0 Å². The largest absolute Gasteiger partial charge is 0.458 e. The fourth-order valence-corrected chi connectivity index (χ4v) is 1.89. The lowest BCUT2D eigenvalue weighted by molar-refractivity contribution is -0.139. The molecule has 0 aliphatic heterocycles. The van der Waals surface area contributed by atoms with Gasteiger partial charge in [-0.1, -0.05) is 61.2 Å². The van der Waals surface area contributed by atoms with Crippen molar-refractivity contribution in [2.24, 2.45) is 0 Å². The highest BCUT2D eigenvalue weighted by Crippen LogP contribution is 2.13. The number of allylic oxidation sites excluding steroid dienone is 5. The van der Waals surface area contributed by atoms with E-state index in [1.54, 1.807) is 6.08 Å². The normalized spacial score (nSPS) is 14.1. The maximum Gasteiger partial charge on any atom is 0.331 e. The third kappa shape index (κ3) is 4.39. The van der Waals surface area contributed by atoms with Crippen molar-refractivity contribution in [2.75, 3.05) is 0 Å². The molecular weight excluding hydrogens is 248 g/mol. The first kappa shape index (κ1) is 14.1. The highest BCUT2D eigenvalue weighted by Gasteiger charge is 2.00. The zero-order valence-electron chi connectivity index (χ0n) is 11.4. The van der Waals surface area contributed by atoms with Gasteiger partial charge in [-0.05, 0) is 29.5 Å². The van der Waals surface area contributed by atoms with Crippen LogP contribution in [0, 0.1) is 0 Å². The van der Waals surface area contributed by atoms with E-state index >= 15 is 0 Å². The Labute approximate surface area is 119 Å². The van der Waals surface area contributed by atoms with Gasteiger partial charge in [-0.15, -0.1) is 0 Å². The van der Waals surface area contributed by atoms with E-state index in [1.807, 2.05) is 42.5 Å². The summed E-state index contributed by atoms with van der Waals surface area (Å²) in [5.74, 6) is -0.312. The summed E-state index contributed by atoms with van der Waals surface area (Å²) in [5, 5.41) is 0. The van der Waals surface area contributed by atoms with Crippen molar-refractivity contribution in [2.45, 2.75) is 19.4 Å². The highest BCUT2D eigenvalue weighted by atomic mass is 16.5. The Morgan fingerprint density at radius 2 is 2.10 bits per heavy atom. The molecule has 0 heterocycles. The summed E-state index contributed by atoms with van der Waals surface area (Å²) < 4.78 is 5.20. The van der Waals surface area contributed by atoms with Gasteiger partial charge in [0.05, 0.1) is 0 Å². The van der Waals surface area contributed by atoms with E-state index in [9.17, 15) is 4.79 Å². The van der Waals surface area contributed by atoms with Crippen LogP contribution in [0.2, 0.25) is 0 Å². The average molecular weight is 266 g/mol. The number of benzene rings is 1. The van der Waals surface area contributed by atoms with Crippen LogP contribution in [0.3, 0.4) is 0 Å². The number of hydrogen-bond donors (Lipinski definition) is 0. The standard InChI is InChI=1S/C18H18O2/c1-2-15-8-10-17(11-9-15)14-20-18(19)13-12-16-6-4-3-5-7-16/h2-4,6,8-13H,1,5,7,14H2/b13-12+. The van der Waals surface area contributed by atoms with E-state index in [2.05, 4.69) is 12.7 Å². The average Bonchev–Trinajstić information content (AvgIpc) is 2.52. The van der Waals surface area contributed by atoms with Crippen molar-refractivity contribution >= 4 is 12.0 Å². The molecule has 2 heteroatoms. The number of esters is 1. The van der Waals surface area contributed by atoms with Crippen molar-refractivity contribution in [3.05, 3.63) is 77.9 Å². The molecule has 0 aromatic heterocycles. The maximum atomic E-state index is 11.6. The second kappa shape index (κ2) is 7.29. The zero-order valence-corrected chi connectivity index (χ0v) is 11.4. The summed E-state index contributed by atoms with van der Waals surface area (Å²) in [6, 6.07) is 7.77. The molecule has 0 radical (unpaired) electrons. The van der Waals surface area contributed by atoms with Crippen molar-refractivity contribution in [1.82, 2.24) is 0 Å². The third-order valence-corrected chi connectivity index (χ3v) is 3.08. The van der Waals surface area contributed by atoms with Crippen LogP contribution in [0.5, 0.6) is 0 Å². The highest BCUT2D eigenvalue weighted by molar-refractivity contribution is 5.82. The third-order valence-electron chi connectivity index (χ3n) is 3.08. The van der Waals surface area contributed by atoms with Crippen LogP contribution in [-0.4, -0.2) is 5.97 Å². The van der Waals surface area contributed by atoms with Gasteiger partial charge in [0.15, 0.2) is 0 Å². The van der Waals surface area contributed by atoms with E-state index < -0.39 is 0 Å². The number of carbonyl (C=O) groups excluding carboxylic acids is 1. The lowest BCUT2D eigenvalue weighted by atomic mass is 10.1. The quantitative estimate of drug-likeness (QED) is 0.589. The van der Waals surface area contributed by atoms with Crippen LogP contribution in [0.1, 0.15) is 24.0 Å². The molecule has 1 aromatic rings. The minimum Gasteiger partial charge on any atom is -0.458 e. The molecule has 2 nitrogen and oxygen atoms in total. The predicted molar refractivity (Wildman–Crippen MR) is 81.9 cm³/mol. The molecule has 0 spiro atoms. The maximum absolute atomic E-state index is 11.6. The van der Waals surface area contributed by atoms with Crippen LogP contribution >= 0.6 is 0 Å². The summed E-state index contributed by atoms with van der Waals surface area (Å²) in [6.07, 6.45) is 13.2. The Morgan fingerprint density at radius 1 is 1.30 bits per heavy atom. The molecule has 0 unspecified atom stereocenters. The molecule has 0 fully saturated rings. The molecule has 0 saturated carbocycles. The Hall–Kier alpha value is -2.35. The summed E-state index contributed by atoms with van der Waals surface area (Å²) in [7, 11) is 0. The SMILES string of the molecule is C=Cc1ccc(COC(=O)/C=C/C2=CC=CCC2)cc1. The first-order chi connectivity index (χ1) is 9.78. The smallest absolute Gasteiger partial charge is 0.331 e. The molecule has 0 N–H and O–H groups in total. The molecular formula is C18H18O2. The molecule has 102 valence electrons. The van der Waals surface area contributed by atoms with Crippen molar-refractivity contribution in [3.63, 3.8) is 0 Å². The Bertz CT molecular complexity index is 560. The predicted octanol–water partition coefficient (Wildman–Crippen LogP) is 4.21. The lowest BCUT2D eigenvalue weighted by Crippen LogP contribution is -2.01. The molecule has 1 aliphatic rings. The molecule has 20 heavy (non-hydrogen) atoms.